The van der Waals surface area contributed by atoms with Crippen LogP contribution in [0.2, 0.25) is 0 Å². The predicted octanol–water partition coefficient (Wildman–Crippen LogP) is 3.90. The number of nitrogens with zero attached hydrogens (tertiary/aromatic N) is 3. The molecule has 6 heteroatoms. The number of fused-ring (bicyclic) bond motifs is 2. The van der Waals surface area contributed by atoms with Crippen molar-refractivity contribution in [3.63, 3.8) is 0 Å². The van der Waals surface area contributed by atoms with Gasteiger partial charge in [-0.05, 0) is 38.2 Å². The average molecular weight is 374 g/mol. The predicted molar refractivity (Wildman–Crippen MR) is 105 cm³/mol. The summed E-state index contributed by atoms with van der Waals surface area (Å²) in [6.45, 7) is 4.33. The van der Waals surface area contributed by atoms with Crippen molar-refractivity contribution >= 4 is 27.5 Å². The number of carbonyl (C=O) groups excluding carboxylic acids is 1. The number of rotatable bonds is 1. The van der Waals surface area contributed by atoms with Crippen molar-refractivity contribution in [1.29, 1.82) is 0 Å². The van der Waals surface area contributed by atoms with Gasteiger partial charge in [-0.1, -0.05) is 25.7 Å². The molecule has 1 fully saturated rings. The van der Waals surface area contributed by atoms with E-state index in [-0.39, 0.29) is 11.5 Å². The van der Waals surface area contributed by atoms with E-state index in [0.717, 1.165) is 74.4 Å². The second kappa shape index (κ2) is 7.51. The number of likely N-dealkylation sites (tertiary alicyclic amines) is 1. The summed E-state index contributed by atoms with van der Waals surface area (Å²) in [6, 6.07) is 0. The molecule has 0 unspecified atom stereocenters. The van der Waals surface area contributed by atoms with Crippen molar-refractivity contribution in [2.75, 3.05) is 13.1 Å². The number of thiophene rings is 1. The molecule has 0 N–H and O–H groups in total. The monoisotopic (exact) mass is 373 g/mol. The van der Waals surface area contributed by atoms with Gasteiger partial charge in [-0.25, -0.2) is 4.98 Å². The number of amides is 1. The topological polar surface area (TPSA) is 55.2 Å². The van der Waals surface area contributed by atoms with E-state index in [9.17, 15) is 9.59 Å². The Bertz CT molecular complexity index is 875. The first-order chi connectivity index (χ1) is 12.7. The normalized spacial score (nSPS) is 18.9. The minimum atomic E-state index is 0.0485. The zero-order valence-corrected chi connectivity index (χ0v) is 16.4. The first kappa shape index (κ1) is 17.7. The largest absolute Gasteiger partial charge is 0.338 e. The molecule has 1 amide bonds. The van der Waals surface area contributed by atoms with Crippen LogP contribution >= 0.6 is 11.3 Å². The van der Waals surface area contributed by atoms with Crippen LogP contribution in [0.15, 0.2) is 4.79 Å². The molecule has 2 aromatic rings. The molecule has 2 aliphatic rings. The number of aromatic nitrogens is 2. The van der Waals surface area contributed by atoms with Crippen LogP contribution in [0, 0.1) is 6.92 Å². The Morgan fingerprint density at radius 2 is 1.62 bits per heavy atom. The van der Waals surface area contributed by atoms with Crippen molar-refractivity contribution in [1.82, 2.24) is 14.5 Å². The minimum absolute atomic E-state index is 0.0485. The van der Waals surface area contributed by atoms with Crippen LogP contribution in [0.5, 0.6) is 0 Å². The molecule has 0 atom stereocenters. The molecular weight excluding hydrogens is 346 g/mol. The fraction of sp³-hybridized carbons (Fsp3) is 0.650. The maximum atomic E-state index is 13.1. The lowest BCUT2D eigenvalue weighted by Gasteiger charge is -2.24. The van der Waals surface area contributed by atoms with Gasteiger partial charge in [0.15, 0.2) is 0 Å². The third-order valence-corrected chi connectivity index (χ3v) is 6.92. The van der Waals surface area contributed by atoms with Gasteiger partial charge in [0.25, 0.3) is 11.5 Å². The molecule has 1 saturated heterocycles. The fourth-order valence-electron chi connectivity index (χ4n) is 4.21. The molecule has 26 heavy (non-hydrogen) atoms. The average Bonchev–Trinajstić information content (AvgIpc) is 2.77. The molecule has 0 aromatic carbocycles. The van der Waals surface area contributed by atoms with Crippen LogP contribution in [-0.2, 0) is 13.0 Å². The third kappa shape index (κ3) is 3.20. The van der Waals surface area contributed by atoms with E-state index in [2.05, 4.69) is 0 Å². The Balaban J connectivity index is 1.74. The van der Waals surface area contributed by atoms with Gasteiger partial charge in [0.05, 0.1) is 10.3 Å². The number of hydrogen-bond donors (Lipinski definition) is 0. The van der Waals surface area contributed by atoms with E-state index >= 15 is 0 Å². The maximum Gasteiger partial charge on any atom is 0.264 e. The van der Waals surface area contributed by atoms with Crippen molar-refractivity contribution in [3.05, 3.63) is 26.6 Å². The van der Waals surface area contributed by atoms with Crippen LogP contribution in [0.3, 0.4) is 0 Å². The Morgan fingerprint density at radius 1 is 0.962 bits per heavy atom. The SMILES string of the molecule is Cc1c(C(=O)N2CCCCCCC2)sc2nc3n(c(=O)c12)CCCCC3. The minimum Gasteiger partial charge on any atom is -0.338 e. The van der Waals surface area contributed by atoms with E-state index in [1.807, 2.05) is 16.4 Å². The van der Waals surface area contributed by atoms with Gasteiger partial charge < -0.3 is 4.90 Å². The van der Waals surface area contributed by atoms with E-state index in [1.54, 1.807) is 0 Å². The number of carbonyl (C=O) groups is 1. The molecular formula is C20H27N3O2S. The first-order valence-electron chi connectivity index (χ1n) is 9.99. The third-order valence-electron chi connectivity index (χ3n) is 5.75. The lowest BCUT2D eigenvalue weighted by atomic mass is 10.1. The van der Waals surface area contributed by atoms with Crippen LogP contribution in [0.4, 0.5) is 0 Å². The molecule has 0 spiro atoms. The molecule has 0 bridgehead atoms. The molecule has 5 nitrogen and oxygen atoms in total. The molecule has 2 aliphatic heterocycles. The van der Waals surface area contributed by atoms with Gasteiger partial charge in [-0.3, -0.25) is 14.2 Å². The summed E-state index contributed by atoms with van der Waals surface area (Å²) in [7, 11) is 0. The molecule has 0 saturated carbocycles. The summed E-state index contributed by atoms with van der Waals surface area (Å²) in [5, 5.41) is 0.663. The van der Waals surface area contributed by atoms with E-state index in [0.29, 0.717) is 10.3 Å². The van der Waals surface area contributed by atoms with Gasteiger partial charge in [0.2, 0.25) is 0 Å². The van der Waals surface area contributed by atoms with Gasteiger partial charge in [0, 0.05) is 26.1 Å². The van der Waals surface area contributed by atoms with E-state index in [1.165, 1.54) is 30.6 Å². The van der Waals surface area contributed by atoms with E-state index < -0.39 is 0 Å². The summed E-state index contributed by atoms with van der Waals surface area (Å²) in [4.78, 5) is 34.4. The van der Waals surface area contributed by atoms with Crippen LogP contribution in [-0.4, -0.2) is 33.4 Å². The summed E-state index contributed by atoms with van der Waals surface area (Å²) >= 11 is 1.42. The highest BCUT2D eigenvalue weighted by molar-refractivity contribution is 7.20. The second-order valence-corrected chi connectivity index (χ2v) is 8.59. The van der Waals surface area contributed by atoms with Crippen LogP contribution in [0.25, 0.3) is 10.2 Å². The van der Waals surface area contributed by atoms with Crippen LogP contribution < -0.4 is 5.56 Å². The van der Waals surface area contributed by atoms with Crippen molar-refractivity contribution in [2.24, 2.45) is 0 Å². The van der Waals surface area contributed by atoms with Crippen molar-refractivity contribution < 1.29 is 4.79 Å². The zero-order chi connectivity index (χ0) is 18.1. The lowest BCUT2D eigenvalue weighted by Crippen LogP contribution is -2.33. The lowest BCUT2D eigenvalue weighted by molar-refractivity contribution is 0.0746. The first-order valence-corrected chi connectivity index (χ1v) is 10.8. The quantitative estimate of drug-likeness (QED) is 0.762. The molecule has 2 aromatic heterocycles. The molecule has 140 valence electrons. The highest BCUT2D eigenvalue weighted by Gasteiger charge is 2.25. The Labute approximate surface area is 158 Å². The van der Waals surface area contributed by atoms with E-state index in [4.69, 9.17) is 4.98 Å². The Kier molecular flexibility index (Phi) is 5.11. The second-order valence-electron chi connectivity index (χ2n) is 7.59. The number of aryl methyl sites for hydroxylation is 2. The number of hydrogen-bond acceptors (Lipinski definition) is 4. The summed E-state index contributed by atoms with van der Waals surface area (Å²) < 4.78 is 1.85. The summed E-state index contributed by atoms with van der Waals surface area (Å²) in [5.74, 6) is 0.985. The van der Waals surface area contributed by atoms with Gasteiger partial charge in [-0.15, -0.1) is 11.3 Å². The Hall–Kier alpha value is -1.69. The fourth-order valence-corrected chi connectivity index (χ4v) is 5.37. The standard InChI is InChI=1S/C20H27N3O2S/c1-14-16-18(21-15-10-6-5-9-13-23(15)19(16)24)26-17(14)20(25)22-11-7-3-2-4-8-12-22/h2-13H2,1H3. The van der Waals surface area contributed by atoms with Gasteiger partial charge in [0.1, 0.15) is 10.7 Å². The maximum absolute atomic E-state index is 13.1. The van der Waals surface area contributed by atoms with Crippen LogP contribution in [0.1, 0.15) is 72.4 Å². The Morgan fingerprint density at radius 3 is 2.38 bits per heavy atom. The van der Waals surface area contributed by atoms with Gasteiger partial charge in [-0.2, -0.15) is 0 Å². The highest BCUT2D eigenvalue weighted by atomic mass is 32.1. The molecule has 0 aliphatic carbocycles. The summed E-state index contributed by atoms with van der Waals surface area (Å²) in [6.07, 6.45) is 9.94. The molecule has 0 radical (unpaired) electrons. The van der Waals surface area contributed by atoms with Crippen molar-refractivity contribution in [2.45, 2.75) is 71.3 Å². The van der Waals surface area contributed by atoms with Crippen molar-refractivity contribution in [3.8, 4) is 0 Å². The zero-order valence-electron chi connectivity index (χ0n) is 15.6. The molecule has 4 rings (SSSR count). The highest BCUT2D eigenvalue weighted by Crippen LogP contribution is 2.30. The smallest absolute Gasteiger partial charge is 0.264 e. The van der Waals surface area contributed by atoms with Gasteiger partial charge >= 0.3 is 0 Å². The molecule has 4 heterocycles. The summed E-state index contributed by atoms with van der Waals surface area (Å²) in [5.41, 5.74) is 0.876.